The number of carbonyl (C=O) groups is 3. The first-order chi connectivity index (χ1) is 15.9. The molecule has 1 unspecified atom stereocenters. The number of imide groups is 1. The Bertz CT molecular complexity index is 1020. The Balaban J connectivity index is 0.00000612. The molecule has 0 spiro atoms. The summed E-state index contributed by atoms with van der Waals surface area (Å²) >= 11 is 0. The van der Waals surface area contributed by atoms with Crippen molar-refractivity contribution in [2.45, 2.75) is 48.1 Å². The third-order valence-corrected chi connectivity index (χ3v) is 8.45. The van der Waals surface area contributed by atoms with E-state index in [0.717, 1.165) is 5.03 Å². The first-order valence-electron chi connectivity index (χ1n) is 9.98. The van der Waals surface area contributed by atoms with Gasteiger partial charge in [-0.25, -0.2) is 9.78 Å². The van der Waals surface area contributed by atoms with Crippen LogP contribution in [0, 0.1) is 0 Å². The number of ether oxygens (including phenoxy) is 1. The van der Waals surface area contributed by atoms with Crippen molar-refractivity contribution in [1.29, 1.82) is 0 Å². The fraction of sp³-hybridized carbons (Fsp3) is 0.526. The first kappa shape index (κ1) is 31.8. The van der Waals surface area contributed by atoms with E-state index in [-0.39, 0.29) is 77.9 Å². The Morgan fingerprint density at radius 1 is 1.34 bits per heavy atom. The fourth-order valence-electron chi connectivity index (χ4n) is 2.55. The van der Waals surface area contributed by atoms with Crippen molar-refractivity contribution in [2.75, 3.05) is 19.8 Å². The van der Waals surface area contributed by atoms with Gasteiger partial charge in [-0.05, 0) is 49.1 Å². The summed E-state index contributed by atoms with van der Waals surface area (Å²) in [6.07, 6.45) is 0.761. The van der Waals surface area contributed by atoms with Crippen molar-refractivity contribution in [1.82, 2.24) is 10.0 Å². The molecule has 12 nitrogen and oxygen atoms in total. The number of hydrogen-bond donors (Lipinski definition) is 1. The van der Waals surface area contributed by atoms with Crippen LogP contribution < -0.4 is 34.7 Å². The Morgan fingerprint density at radius 2 is 2.06 bits per heavy atom. The largest absolute Gasteiger partial charge is 1.00 e. The maximum absolute atomic E-state index is 12.1. The molecule has 0 aromatic carbocycles. The molecular weight excluding hydrogens is 533 g/mol. The average molecular weight is 558 g/mol. The van der Waals surface area contributed by atoms with E-state index in [4.69, 9.17) is 9.29 Å². The average Bonchev–Trinajstić information content (AvgIpc) is 3.04. The molecule has 1 saturated heterocycles. The van der Waals surface area contributed by atoms with Gasteiger partial charge in [-0.2, -0.15) is 8.42 Å². The van der Waals surface area contributed by atoms with Crippen LogP contribution in [0.4, 0.5) is 0 Å². The third kappa shape index (κ3) is 11.2. The normalized spacial score (nSPS) is 16.8. The quantitative estimate of drug-likeness (QED) is 0.0520. The summed E-state index contributed by atoms with van der Waals surface area (Å²) in [7, 11) is -1.79. The van der Waals surface area contributed by atoms with Crippen molar-refractivity contribution in [3.05, 3.63) is 24.4 Å². The van der Waals surface area contributed by atoms with Crippen LogP contribution >= 0.6 is 21.6 Å². The summed E-state index contributed by atoms with van der Waals surface area (Å²) in [5, 5.41) is 11.0. The minimum absolute atomic E-state index is 0. The summed E-state index contributed by atoms with van der Waals surface area (Å²) in [4.78, 5) is 47.9. The predicted octanol–water partition coefficient (Wildman–Crippen LogP) is -2.37. The van der Waals surface area contributed by atoms with Gasteiger partial charge in [0.25, 0.3) is 21.9 Å². The minimum Gasteiger partial charge on any atom is -0.862 e. The first-order valence-corrected chi connectivity index (χ1v) is 13.6. The Kier molecular flexibility index (Phi) is 13.2. The Labute approximate surface area is 233 Å². The molecule has 0 saturated carbocycles. The summed E-state index contributed by atoms with van der Waals surface area (Å²) in [6, 6.07) is 5.59. The van der Waals surface area contributed by atoms with Crippen LogP contribution in [0.15, 0.2) is 34.4 Å². The molecule has 16 heteroatoms. The van der Waals surface area contributed by atoms with Crippen molar-refractivity contribution >= 4 is 55.4 Å². The van der Waals surface area contributed by atoms with Crippen LogP contribution in [-0.4, -0.2) is 76.5 Å². The maximum atomic E-state index is 12.1. The molecule has 2 amide bonds. The standard InChI is InChI=1S/C19H25N3O9S3.Na/c1-19(2,33-32-15-5-3-4-7-21-15)12-14(23)20-8-10-30-9-6-17(25)31-22-16(24)11-13(18(22)26)34(27,28)29;/h3-5,7,13H,6,8-12H2,1-2H3,(H,20,23)(H,27,28,29);/q;+1/p-1. The molecule has 1 fully saturated rings. The molecule has 0 radical (unpaired) electrons. The van der Waals surface area contributed by atoms with Crippen molar-refractivity contribution in [3.8, 4) is 0 Å². The van der Waals surface area contributed by atoms with E-state index in [1.165, 1.54) is 21.6 Å². The second-order valence-corrected chi connectivity index (χ2v) is 12.1. The van der Waals surface area contributed by atoms with Crippen LogP contribution in [0.25, 0.3) is 0 Å². The molecule has 1 N–H and O–H groups in total. The van der Waals surface area contributed by atoms with E-state index in [9.17, 15) is 27.9 Å². The van der Waals surface area contributed by atoms with Gasteiger partial charge >= 0.3 is 35.5 Å². The van der Waals surface area contributed by atoms with Crippen molar-refractivity contribution < 1.29 is 71.6 Å². The molecule has 0 aliphatic carbocycles. The number of aliphatic imine (C=N–C) groups is 1. The van der Waals surface area contributed by atoms with E-state index in [1.54, 1.807) is 6.20 Å². The Morgan fingerprint density at radius 3 is 2.66 bits per heavy atom. The molecular formula is C19H24N3NaO9S3. The molecule has 2 rings (SSSR count). The topological polar surface area (TPSA) is 176 Å². The van der Waals surface area contributed by atoms with Crippen molar-refractivity contribution in [3.63, 3.8) is 0 Å². The van der Waals surface area contributed by atoms with Crippen LogP contribution in [-0.2, 0) is 34.1 Å². The number of aromatic nitrogens is 1. The van der Waals surface area contributed by atoms with Gasteiger partial charge in [0.05, 0.1) is 32.6 Å². The van der Waals surface area contributed by atoms with Crippen LogP contribution in [0.1, 0.15) is 33.1 Å². The second-order valence-electron chi connectivity index (χ2n) is 7.61. The molecule has 1 atom stereocenters. The maximum Gasteiger partial charge on any atom is 1.00 e. The number of hydroxylamine groups is 2. The van der Waals surface area contributed by atoms with Gasteiger partial charge in [-0.1, -0.05) is 16.9 Å². The van der Waals surface area contributed by atoms with E-state index in [0.29, 0.717) is 0 Å². The molecule has 188 valence electrons. The summed E-state index contributed by atoms with van der Waals surface area (Å²) in [5.74, 6) is -3.69. The fourth-order valence-corrected chi connectivity index (χ4v) is 5.39. The monoisotopic (exact) mass is 557 g/mol. The van der Waals surface area contributed by atoms with Gasteiger partial charge in [0.2, 0.25) is 0 Å². The number of rotatable bonds is 13. The zero-order valence-corrected chi connectivity index (χ0v) is 23.9. The molecule has 1 aliphatic heterocycles. The van der Waals surface area contributed by atoms with Crippen LogP contribution in [0.3, 0.4) is 0 Å². The molecule has 2 heterocycles. The number of amides is 2. The summed E-state index contributed by atoms with van der Waals surface area (Å²) in [5.41, 5.74) is 0. The molecule has 35 heavy (non-hydrogen) atoms. The SMILES string of the molecule is CC(C)(CC([O-])=NCCOCCC(=O)ON1C(=O)CC(S(=O)(=O)O)C1=O)SSc1ccccn1.[Na+]. The second kappa shape index (κ2) is 14.5. The number of nitrogens with zero attached hydrogens (tertiary/aromatic N) is 3. The van der Waals surface area contributed by atoms with E-state index < -0.39 is 39.6 Å². The zero-order chi connectivity index (χ0) is 25.4. The molecule has 0 bridgehead atoms. The predicted molar refractivity (Wildman–Crippen MR) is 122 cm³/mol. The third-order valence-electron chi connectivity index (χ3n) is 4.16. The Hall–Kier alpha value is -1.20. The van der Waals surface area contributed by atoms with E-state index in [2.05, 4.69) is 14.8 Å². The molecule has 1 aromatic heterocycles. The van der Waals surface area contributed by atoms with Crippen LogP contribution in [0.5, 0.6) is 0 Å². The molecule has 1 aliphatic rings. The summed E-state index contributed by atoms with van der Waals surface area (Å²) < 4.78 is 35.9. The number of carbonyl (C=O) groups excluding carboxylic acids is 3. The zero-order valence-electron chi connectivity index (χ0n) is 19.4. The van der Waals surface area contributed by atoms with E-state index in [1.807, 2.05) is 32.0 Å². The number of pyridine rings is 1. The van der Waals surface area contributed by atoms with Gasteiger partial charge in [0.1, 0.15) is 5.03 Å². The van der Waals surface area contributed by atoms with Gasteiger partial charge in [-0.15, -0.1) is 5.06 Å². The van der Waals surface area contributed by atoms with Gasteiger partial charge in [0.15, 0.2) is 5.25 Å². The minimum atomic E-state index is -4.79. The number of hydrogen-bond acceptors (Lipinski definition) is 12. The smallest absolute Gasteiger partial charge is 0.862 e. The van der Waals surface area contributed by atoms with Crippen LogP contribution in [0.2, 0.25) is 0 Å². The van der Waals surface area contributed by atoms with Gasteiger partial charge in [0, 0.05) is 10.9 Å². The van der Waals surface area contributed by atoms with Gasteiger partial charge < -0.3 is 19.7 Å². The molecule has 1 aromatic rings. The van der Waals surface area contributed by atoms with Gasteiger partial charge in [-0.3, -0.25) is 14.1 Å². The van der Waals surface area contributed by atoms with E-state index >= 15 is 0 Å². The summed E-state index contributed by atoms with van der Waals surface area (Å²) in [6.45, 7) is 3.86. The van der Waals surface area contributed by atoms with Crippen molar-refractivity contribution in [2.24, 2.45) is 4.99 Å².